The van der Waals surface area contributed by atoms with E-state index in [2.05, 4.69) is 4.99 Å². The Balaban J connectivity index is 1.49. The number of cyclic esters (lactones) is 1. The molecule has 2 heterocycles. The molecule has 1 aliphatic heterocycles. The number of rotatable bonds is 5. The van der Waals surface area contributed by atoms with Crippen LogP contribution in [0.3, 0.4) is 0 Å². The summed E-state index contributed by atoms with van der Waals surface area (Å²) in [5.74, 6) is 0.730. The van der Waals surface area contributed by atoms with Crippen molar-refractivity contribution >= 4 is 29.5 Å². The second-order valence-electron chi connectivity index (χ2n) is 5.80. The van der Waals surface area contributed by atoms with E-state index in [1.54, 1.807) is 18.2 Å². The molecule has 3 aromatic rings. The highest BCUT2D eigenvalue weighted by Crippen LogP contribution is 2.22. The standard InChI is InChI=1S/C21H14ClNO4/c22-16-8-6-14(7-9-16)13-26-17-4-1-3-15(11-17)12-18-21(24)27-20(23-18)19-5-2-10-25-19/h1-12H,13H2. The third kappa shape index (κ3) is 4.10. The summed E-state index contributed by atoms with van der Waals surface area (Å²) in [5.41, 5.74) is 1.99. The molecule has 27 heavy (non-hydrogen) atoms. The zero-order valence-corrected chi connectivity index (χ0v) is 14.8. The van der Waals surface area contributed by atoms with Crippen molar-refractivity contribution in [3.8, 4) is 5.75 Å². The van der Waals surface area contributed by atoms with E-state index < -0.39 is 5.97 Å². The van der Waals surface area contributed by atoms with E-state index in [1.807, 2.05) is 48.5 Å². The van der Waals surface area contributed by atoms with Crippen molar-refractivity contribution in [3.05, 3.63) is 94.5 Å². The van der Waals surface area contributed by atoms with Crippen LogP contribution in [0.15, 0.2) is 82.0 Å². The molecule has 0 N–H and O–H groups in total. The van der Waals surface area contributed by atoms with Gasteiger partial charge in [0.25, 0.3) is 5.90 Å². The first-order valence-electron chi connectivity index (χ1n) is 8.21. The van der Waals surface area contributed by atoms with Gasteiger partial charge in [0.05, 0.1) is 6.26 Å². The third-order valence-corrected chi connectivity index (χ3v) is 4.08. The Kier molecular flexibility index (Phi) is 4.77. The van der Waals surface area contributed by atoms with E-state index in [0.717, 1.165) is 11.1 Å². The number of carbonyl (C=O) groups is 1. The van der Waals surface area contributed by atoms with Crippen LogP contribution in [0.25, 0.3) is 6.08 Å². The van der Waals surface area contributed by atoms with Crippen molar-refractivity contribution < 1.29 is 18.7 Å². The average molecular weight is 380 g/mol. The Hall–Kier alpha value is -3.31. The molecule has 0 radical (unpaired) electrons. The fourth-order valence-electron chi connectivity index (χ4n) is 2.51. The highest BCUT2D eigenvalue weighted by atomic mass is 35.5. The number of hydrogen-bond donors (Lipinski definition) is 0. The summed E-state index contributed by atoms with van der Waals surface area (Å²) in [6.45, 7) is 0.417. The molecule has 6 heteroatoms. The molecule has 0 unspecified atom stereocenters. The number of nitrogens with zero attached hydrogens (tertiary/aromatic N) is 1. The maximum absolute atomic E-state index is 12.0. The quantitative estimate of drug-likeness (QED) is 0.469. The molecule has 0 saturated carbocycles. The van der Waals surface area contributed by atoms with Gasteiger partial charge < -0.3 is 13.9 Å². The van der Waals surface area contributed by atoms with Crippen LogP contribution in [-0.2, 0) is 16.1 Å². The van der Waals surface area contributed by atoms with Crippen molar-refractivity contribution in [3.63, 3.8) is 0 Å². The van der Waals surface area contributed by atoms with Crippen molar-refractivity contribution in [2.24, 2.45) is 4.99 Å². The molecular weight excluding hydrogens is 366 g/mol. The van der Waals surface area contributed by atoms with Crippen molar-refractivity contribution in [1.82, 2.24) is 0 Å². The molecule has 4 rings (SSSR count). The van der Waals surface area contributed by atoms with Gasteiger partial charge in [-0.2, -0.15) is 0 Å². The van der Waals surface area contributed by atoms with Crippen LogP contribution in [0.1, 0.15) is 16.9 Å². The molecule has 2 aromatic carbocycles. The topological polar surface area (TPSA) is 61.0 Å². The van der Waals surface area contributed by atoms with Gasteiger partial charge in [0.15, 0.2) is 11.5 Å². The summed E-state index contributed by atoms with van der Waals surface area (Å²) in [4.78, 5) is 16.2. The van der Waals surface area contributed by atoms with Gasteiger partial charge in [0.2, 0.25) is 0 Å². The minimum atomic E-state index is -0.520. The second kappa shape index (κ2) is 7.51. The lowest BCUT2D eigenvalue weighted by Crippen LogP contribution is -2.04. The SMILES string of the molecule is O=C1OC(c2ccco2)=NC1=Cc1cccc(OCc2ccc(Cl)cc2)c1. The van der Waals surface area contributed by atoms with Crippen molar-refractivity contribution in [1.29, 1.82) is 0 Å². The Bertz CT molecular complexity index is 1020. The average Bonchev–Trinajstić information content (AvgIpc) is 3.32. The molecule has 1 aliphatic rings. The van der Waals surface area contributed by atoms with Gasteiger partial charge in [0, 0.05) is 5.02 Å². The zero-order valence-electron chi connectivity index (χ0n) is 14.1. The first kappa shape index (κ1) is 17.1. The van der Waals surface area contributed by atoms with E-state index in [-0.39, 0.29) is 11.6 Å². The number of esters is 1. The van der Waals surface area contributed by atoms with Gasteiger partial charge in [-0.3, -0.25) is 0 Å². The largest absolute Gasteiger partial charge is 0.489 e. The highest BCUT2D eigenvalue weighted by molar-refractivity contribution is 6.30. The molecule has 134 valence electrons. The van der Waals surface area contributed by atoms with Crippen LogP contribution in [-0.4, -0.2) is 11.9 Å². The Labute approximate surface area is 160 Å². The third-order valence-electron chi connectivity index (χ3n) is 3.83. The Morgan fingerprint density at radius 2 is 1.93 bits per heavy atom. The van der Waals surface area contributed by atoms with Crippen LogP contribution in [0.4, 0.5) is 0 Å². The number of hydrogen-bond acceptors (Lipinski definition) is 5. The monoisotopic (exact) mass is 379 g/mol. The van der Waals surface area contributed by atoms with Gasteiger partial charge in [-0.25, -0.2) is 9.79 Å². The lowest BCUT2D eigenvalue weighted by Gasteiger charge is -2.07. The number of carbonyl (C=O) groups excluding carboxylic acids is 1. The zero-order chi connectivity index (χ0) is 18.6. The summed E-state index contributed by atoms with van der Waals surface area (Å²) in [5, 5.41) is 0.685. The lowest BCUT2D eigenvalue weighted by molar-refractivity contribution is -0.130. The molecule has 1 aromatic heterocycles. The molecule has 0 amide bonds. The van der Waals surface area contributed by atoms with Gasteiger partial charge >= 0.3 is 5.97 Å². The van der Waals surface area contributed by atoms with Gasteiger partial charge in [-0.1, -0.05) is 35.9 Å². The number of furan rings is 1. The fraction of sp³-hybridized carbons (Fsp3) is 0.0476. The summed E-state index contributed by atoms with van der Waals surface area (Å²) in [7, 11) is 0. The van der Waals surface area contributed by atoms with E-state index in [1.165, 1.54) is 6.26 Å². The highest BCUT2D eigenvalue weighted by Gasteiger charge is 2.25. The van der Waals surface area contributed by atoms with Gasteiger partial charge in [0.1, 0.15) is 12.4 Å². The molecule has 0 bridgehead atoms. The minimum Gasteiger partial charge on any atom is -0.489 e. The Morgan fingerprint density at radius 1 is 1.07 bits per heavy atom. The van der Waals surface area contributed by atoms with E-state index in [4.69, 9.17) is 25.5 Å². The van der Waals surface area contributed by atoms with Crippen molar-refractivity contribution in [2.45, 2.75) is 6.61 Å². The first-order chi connectivity index (χ1) is 13.2. The normalized spacial score (nSPS) is 14.9. The maximum Gasteiger partial charge on any atom is 0.363 e. The van der Waals surface area contributed by atoms with Gasteiger partial charge in [-0.05, 0) is 53.6 Å². The molecule has 5 nitrogen and oxygen atoms in total. The van der Waals surface area contributed by atoms with Crippen molar-refractivity contribution in [2.75, 3.05) is 0 Å². The maximum atomic E-state index is 12.0. The predicted molar refractivity (Wildman–Crippen MR) is 102 cm³/mol. The minimum absolute atomic E-state index is 0.159. The molecular formula is C21H14ClNO4. The molecule has 0 aliphatic carbocycles. The molecule has 0 spiro atoms. The summed E-state index contributed by atoms with van der Waals surface area (Å²) >= 11 is 5.88. The number of aliphatic imine (C=N–C) groups is 1. The smallest absolute Gasteiger partial charge is 0.363 e. The number of halogens is 1. The van der Waals surface area contributed by atoms with Crippen LogP contribution < -0.4 is 4.74 Å². The first-order valence-corrected chi connectivity index (χ1v) is 8.59. The second-order valence-corrected chi connectivity index (χ2v) is 6.24. The van der Waals surface area contributed by atoms with Gasteiger partial charge in [-0.15, -0.1) is 0 Å². The Morgan fingerprint density at radius 3 is 2.70 bits per heavy atom. The summed E-state index contributed by atoms with van der Waals surface area (Å²) < 4.78 is 16.1. The van der Waals surface area contributed by atoms with E-state index >= 15 is 0 Å². The van der Waals surface area contributed by atoms with Crippen LogP contribution >= 0.6 is 11.6 Å². The van der Waals surface area contributed by atoms with Crippen LogP contribution in [0, 0.1) is 0 Å². The van der Waals surface area contributed by atoms with Crippen LogP contribution in [0.2, 0.25) is 5.02 Å². The summed E-state index contributed by atoms with van der Waals surface area (Å²) in [6, 6.07) is 18.2. The number of benzene rings is 2. The fourth-order valence-corrected chi connectivity index (χ4v) is 2.64. The van der Waals surface area contributed by atoms with E-state index in [9.17, 15) is 4.79 Å². The lowest BCUT2D eigenvalue weighted by atomic mass is 10.2. The summed E-state index contributed by atoms with van der Waals surface area (Å²) in [6.07, 6.45) is 3.14. The molecule has 0 atom stereocenters. The molecule has 0 saturated heterocycles. The number of ether oxygens (including phenoxy) is 2. The van der Waals surface area contributed by atoms with Crippen LogP contribution in [0.5, 0.6) is 5.75 Å². The molecule has 0 fully saturated rings. The predicted octanol–water partition coefficient (Wildman–Crippen LogP) is 4.86. The van der Waals surface area contributed by atoms with E-state index in [0.29, 0.717) is 23.1 Å².